The minimum absolute atomic E-state index is 0.0660. The summed E-state index contributed by atoms with van der Waals surface area (Å²) in [7, 11) is 0. The highest BCUT2D eigenvalue weighted by Gasteiger charge is 2.26. The molecule has 3 aromatic rings. The fourth-order valence-corrected chi connectivity index (χ4v) is 3.93. The second-order valence-electron chi connectivity index (χ2n) is 10.3. The molecule has 0 saturated carbocycles. The molecule has 8 heteroatoms. The van der Waals surface area contributed by atoms with E-state index < -0.39 is 23.8 Å². The van der Waals surface area contributed by atoms with Gasteiger partial charge in [-0.3, -0.25) is 14.4 Å². The first kappa shape index (κ1) is 31.1. The van der Waals surface area contributed by atoms with Crippen molar-refractivity contribution in [2.45, 2.75) is 52.9 Å². The fraction of sp³-hybridized carbons (Fsp3) is 0.333. The van der Waals surface area contributed by atoms with E-state index in [1.165, 1.54) is 0 Å². The molecular formula is C33H38N2O6. The number of nitrogens with one attached hydrogen (secondary N) is 2. The molecule has 0 spiro atoms. The SMILES string of the molecule is CC(C)C(=O)NCC(=O)C[C@@H](C)C(=O)N[C@@H](Cc1ccc(OCc2ccccc2)cc1)C(=O)OCc1ccccc1. The van der Waals surface area contributed by atoms with Gasteiger partial charge in [0.05, 0.1) is 6.54 Å². The molecule has 2 amide bonds. The van der Waals surface area contributed by atoms with Crippen LogP contribution in [0.1, 0.15) is 43.9 Å². The fourth-order valence-electron chi connectivity index (χ4n) is 3.93. The Morgan fingerprint density at radius 2 is 1.29 bits per heavy atom. The molecule has 2 N–H and O–H groups in total. The Balaban J connectivity index is 1.62. The van der Waals surface area contributed by atoms with Crippen molar-refractivity contribution in [3.8, 4) is 5.75 Å². The summed E-state index contributed by atoms with van der Waals surface area (Å²) in [6.07, 6.45) is 0.132. The summed E-state index contributed by atoms with van der Waals surface area (Å²) >= 11 is 0. The second kappa shape index (κ2) is 16.0. The molecule has 41 heavy (non-hydrogen) atoms. The largest absolute Gasteiger partial charge is 0.489 e. The maximum absolute atomic E-state index is 13.1. The van der Waals surface area contributed by atoms with Crippen LogP contribution >= 0.6 is 0 Å². The molecule has 0 aliphatic rings. The summed E-state index contributed by atoms with van der Waals surface area (Å²) in [6.45, 7) is 5.44. The number of Topliss-reactive ketones (excluding diaryl/α,β-unsaturated/α-hetero) is 1. The highest BCUT2D eigenvalue weighted by atomic mass is 16.5. The number of carbonyl (C=O) groups excluding carboxylic acids is 4. The van der Waals surface area contributed by atoms with Gasteiger partial charge in [0.2, 0.25) is 11.8 Å². The van der Waals surface area contributed by atoms with Crippen LogP contribution in [0.25, 0.3) is 0 Å². The lowest BCUT2D eigenvalue weighted by Gasteiger charge is -2.20. The van der Waals surface area contributed by atoms with Crippen LogP contribution in [0.4, 0.5) is 0 Å². The molecule has 0 aromatic heterocycles. The number of esters is 1. The molecular weight excluding hydrogens is 520 g/mol. The molecule has 0 unspecified atom stereocenters. The molecule has 0 saturated heterocycles. The number of ketones is 1. The van der Waals surface area contributed by atoms with Crippen molar-refractivity contribution in [3.05, 3.63) is 102 Å². The van der Waals surface area contributed by atoms with Crippen LogP contribution in [0.5, 0.6) is 5.75 Å². The van der Waals surface area contributed by atoms with Crippen LogP contribution in [-0.2, 0) is 43.5 Å². The Labute approximate surface area is 241 Å². The molecule has 0 fully saturated rings. The molecule has 0 heterocycles. The monoisotopic (exact) mass is 558 g/mol. The molecule has 0 aliphatic carbocycles. The van der Waals surface area contributed by atoms with Crippen LogP contribution in [0.2, 0.25) is 0 Å². The van der Waals surface area contributed by atoms with Crippen molar-refractivity contribution in [2.24, 2.45) is 11.8 Å². The Morgan fingerprint density at radius 1 is 0.707 bits per heavy atom. The third-order valence-electron chi connectivity index (χ3n) is 6.40. The maximum Gasteiger partial charge on any atom is 0.329 e. The topological polar surface area (TPSA) is 111 Å². The van der Waals surface area contributed by atoms with Gasteiger partial charge < -0.3 is 20.1 Å². The van der Waals surface area contributed by atoms with Crippen molar-refractivity contribution in [1.29, 1.82) is 0 Å². The summed E-state index contributed by atoms with van der Waals surface area (Å²) in [6, 6.07) is 25.5. The van der Waals surface area contributed by atoms with Gasteiger partial charge in [-0.15, -0.1) is 0 Å². The third-order valence-corrected chi connectivity index (χ3v) is 6.40. The molecule has 0 aliphatic heterocycles. The Bertz CT molecular complexity index is 1280. The maximum atomic E-state index is 13.1. The van der Waals surface area contributed by atoms with E-state index in [0.29, 0.717) is 12.4 Å². The molecule has 2 atom stereocenters. The van der Waals surface area contributed by atoms with E-state index in [4.69, 9.17) is 9.47 Å². The van der Waals surface area contributed by atoms with Crippen LogP contribution in [-0.4, -0.2) is 36.2 Å². The molecule has 0 bridgehead atoms. The quantitative estimate of drug-likeness (QED) is 0.268. The van der Waals surface area contributed by atoms with Crippen molar-refractivity contribution < 1.29 is 28.7 Å². The first-order valence-corrected chi connectivity index (χ1v) is 13.8. The molecule has 216 valence electrons. The van der Waals surface area contributed by atoms with E-state index >= 15 is 0 Å². The Kier molecular flexibility index (Phi) is 12.1. The van der Waals surface area contributed by atoms with Crippen LogP contribution in [0, 0.1) is 11.8 Å². The summed E-state index contributed by atoms with van der Waals surface area (Å²) in [5.74, 6) is -1.77. The zero-order valence-corrected chi connectivity index (χ0v) is 23.8. The van der Waals surface area contributed by atoms with Gasteiger partial charge in [0.1, 0.15) is 25.0 Å². The van der Waals surface area contributed by atoms with Crippen LogP contribution in [0.15, 0.2) is 84.9 Å². The van der Waals surface area contributed by atoms with Gasteiger partial charge in [0, 0.05) is 24.7 Å². The van der Waals surface area contributed by atoms with Gasteiger partial charge in [-0.05, 0) is 28.8 Å². The van der Waals surface area contributed by atoms with E-state index in [9.17, 15) is 19.2 Å². The highest BCUT2D eigenvalue weighted by molar-refractivity contribution is 5.91. The standard InChI is InChI=1S/C33H38N2O6/c1-23(2)31(37)34-20-28(36)18-24(3)32(38)35-30(33(39)41-22-27-12-8-5-9-13-27)19-25-14-16-29(17-15-25)40-21-26-10-6-4-7-11-26/h4-17,23-24,30H,18-22H2,1-3H3,(H,34,37)(H,35,38)/t24-,30+/m1/s1. The summed E-state index contributed by atoms with van der Waals surface area (Å²) in [4.78, 5) is 50.2. The van der Waals surface area contributed by atoms with Crippen molar-refractivity contribution >= 4 is 23.6 Å². The smallest absolute Gasteiger partial charge is 0.329 e. The Morgan fingerprint density at radius 3 is 1.88 bits per heavy atom. The Hall–Kier alpha value is -4.46. The molecule has 3 rings (SSSR count). The minimum Gasteiger partial charge on any atom is -0.489 e. The van der Waals surface area contributed by atoms with Crippen molar-refractivity contribution in [1.82, 2.24) is 10.6 Å². The summed E-state index contributed by atoms with van der Waals surface area (Å²) < 4.78 is 11.4. The lowest BCUT2D eigenvalue weighted by Crippen LogP contribution is -2.46. The number of benzene rings is 3. The van der Waals surface area contributed by atoms with Gasteiger partial charge in [0.25, 0.3) is 0 Å². The average Bonchev–Trinajstić information content (AvgIpc) is 2.98. The number of amides is 2. The number of hydrogen-bond acceptors (Lipinski definition) is 6. The lowest BCUT2D eigenvalue weighted by molar-refractivity contribution is -0.149. The number of ether oxygens (including phenoxy) is 2. The van der Waals surface area contributed by atoms with E-state index in [2.05, 4.69) is 10.6 Å². The molecule has 8 nitrogen and oxygen atoms in total. The number of hydrogen-bond donors (Lipinski definition) is 2. The van der Waals surface area contributed by atoms with Gasteiger partial charge in [0.15, 0.2) is 5.78 Å². The first-order valence-electron chi connectivity index (χ1n) is 13.8. The number of rotatable bonds is 15. The predicted octanol–water partition coefficient (Wildman–Crippen LogP) is 4.40. The van der Waals surface area contributed by atoms with E-state index in [0.717, 1.165) is 16.7 Å². The normalized spacial score (nSPS) is 12.2. The minimum atomic E-state index is -0.958. The first-order chi connectivity index (χ1) is 19.7. The van der Waals surface area contributed by atoms with E-state index in [1.54, 1.807) is 20.8 Å². The molecule has 3 aromatic carbocycles. The van der Waals surface area contributed by atoms with E-state index in [1.807, 2.05) is 84.9 Å². The van der Waals surface area contributed by atoms with Gasteiger partial charge in [-0.25, -0.2) is 4.79 Å². The van der Waals surface area contributed by atoms with Crippen LogP contribution < -0.4 is 15.4 Å². The lowest BCUT2D eigenvalue weighted by atomic mass is 10.0. The van der Waals surface area contributed by atoms with Gasteiger partial charge in [-0.2, -0.15) is 0 Å². The van der Waals surface area contributed by atoms with Gasteiger partial charge in [-0.1, -0.05) is 93.6 Å². The third kappa shape index (κ3) is 10.9. The zero-order chi connectivity index (χ0) is 29.6. The number of carbonyl (C=O) groups is 4. The van der Waals surface area contributed by atoms with Crippen LogP contribution in [0.3, 0.4) is 0 Å². The van der Waals surface area contributed by atoms with Gasteiger partial charge >= 0.3 is 5.97 Å². The van der Waals surface area contributed by atoms with Crippen molar-refractivity contribution in [2.75, 3.05) is 6.54 Å². The molecule has 0 radical (unpaired) electrons. The second-order valence-corrected chi connectivity index (χ2v) is 10.3. The average molecular weight is 559 g/mol. The van der Waals surface area contributed by atoms with E-state index in [-0.39, 0.29) is 43.6 Å². The van der Waals surface area contributed by atoms with Crippen molar-refractivity contribution in [3.63, 3.8) is 0 Å². The zero-order valence-electron chi connectivity index (χ0n) is 23.8. The highest BCUT2D eigenvalue weighted by Crippen LogP contribution is 2.16. The summed E-state index contributed by atoms with van der Waals surface area (Å²) in [5.41, 5.74) is 2.68. The predicted molar refractivity (Wildman–Crippen MR) is 156 cm³/mol. The summed E-state index contributed by atoms with van der Waals surface area (Å²) in [5, 5.41) is 5.34.